The van der Waals surface area contributed by atoms with Crippen LogP contribution in [0.2, 0.25) is 0 Å². The summed E-state index contributed by atoms with van der Waals surface area (Å²) in [7, 11) is 0. The van der Waals surface area contributed by atoms with E-state index < -0.39 is 0 Å². The molecule has 1 aromatic heterocycles. The number of nitrogens with two attached hydrogens (primary N) is 1. The summed E-state index contributed by atoms with van der Waals surface area (Å²) in [6.45, 7) is 7.27. The average Bonchev–Trinajstić information content (AvgIpc) is 2.77. The lowest BCUT2D eigenvalue weighted by Crippen LogP contribution is -2.39. The molecule has 1 aromatic rings. The van der Waals surface area contributed by atoms with E-state index in [2.05, 4.69) is 23.9 Å². The first-order valence-electron chi connectivity index (χ1n) is 6.10. The van der Waals surface area contributed by atoms with Gasteiger partial charge in [0.1, 0.15) is 5.76 Å². The van der Waals surface area contributed by atoms with Crippen molar-refractivity contribution in [1.29, 1.82) is 0 Å². The van der Waals surface area contributed by atoms with Crippen LogP contribution in [0.3, 0.4) is 0 Å². The molecule has 4 heteroatoms. The smallest absolute Gasteiger partial charge is 0.145 e. The lowest BCUT2D eigenvalue weighted by molar-refractivity contribution is 0.154. The third kappa shape index (κ3) is 2.28. The van der Waals surface area contributed by atoms with Gasteiger partial charge in [0.15, 0.2) is 0 Å². The van der Waals surface area contributed by atoms with Gasteiger partial charge in [0.25, 0.3) is 0 Å². The predicted molar refractivity (Wildman–Crippen MR) is 63.1 cm³/mol. The average molecular weight is 223 g/mol. The van der Waals surface area contributed by atoms with Gasteiger partial charge in [-0.3, -0.25) is 0 Å². The topological polar surface area (TPSA) is 55.3 Å². The molecule has 0 bridgehead atoms. The van der Waals surface area contributed by atoms with Gasteiger partial charge in [-0.05, 0) is 33.2 Å². The van der Waals surface area contributed by atoms with E-state index in [9.17, 15) is 0 Å². The molecule has 0 saturated carbocycles. The lowest BCUT2D eigenvalue weighted by atomic mass is 9.92. The first kappa shape index (κ1) is 11.6. The molecule has 2 N–H and O–H groups in total. The fourth-order valence-corrected chi connectivity index (χ4v) is 2.45. The molecule has 1 aliphatic heterocycles. The Morgan fingerprint density at radius 3 is 3.12 bits per heavy atom. The predicted octanol–water partition coefficient (Wildman–Crippen LogP) is 1.72. The molecule has 2 heterocycles. The Labute approximate surface area is 96.8 Å². The molecule has 1 atom stereocenters. The number of likely N-dealkylation sites (tertiary alicyclic amines) is 1. The molecule has 1 saturated heterocycles. The molecule has 0 radical (unpaired) electrons. The van der Waals surface area contributed by atoms with Gasteiger partial charge in [0, 0.05) is 30.6 Å². The molecule has 1 unspecified atom stereocenters. The van der Waals surface area contributed by atoms with E-state index in [1.54, 1.807) is 6.20 Å². The van der Waals surface area contributed by atoms with E-state index in [-0.39, 0.29) is 0 Å². The SMILES string of the molecule is CC(C)N1CCCC(c2oncc2CN)C1. The first-order valence-corrected chi connectivity index (χ1v) is 6.10. The van der Waals surface area contributed by atoms with Crippen molar-refractivity contribution in [3.63, 3.8) is 0 Å². The fraction of sp³-hybridized carbons (Fsp3) is 0.750. The van der Waals surface area contributed by atoms with Crippen molar-refractivity contribution in [1.82, 2.24) is 10.1 Å². The number of hydrogen-bond donors (Lipinski definition) is 1. The standard InChI is InChI=1S/C12H21N3O/c1-9(2)15-5-3-4-10(8-15)12-11(6-13)7-14-16-12/h7,9-10H,3-6,8,13H2,1-2H3. The second kappa shape index (κ2) is 4.97. The third-order valence-corrected chi connectivity index (χ3v) is 3.45. The van der Waals surface area contributed by atoms with Crippen molar-refractivity contribution < 1.29 is 4.52 Å². The van der Waals surface area contributed by atoms with E-state index in [4.69, 9.17) is 10.3 Å². The van der Waals surface area contributed by atoms with Gasteiger partial charge in [-0.25, -0.2) is 0 Å². The van der Waals surface area contributed by atoms with Gasteiger partial charge in [0.2, 0.25) is 0 Å². The Morgan fingerprint density at radius 1 is 1.62 bits per heavy atom. The normalized spacial score (nSPS) is 22.9. The molecule has 1 aliphatic rings. The van der Waals surface area contributed by atoms with Crippen LogP contribution < -0.4 is 5.73 Å². The van der Waals surface area contributed by atoms with Crippen LogP contribution in [0.5, 0.6) is 0 Å². The van der Waals surface area contributed by atoms with Crippen LogP contribution in [-0.4, -0.2) is 29.2 Å². The maximum absolute atomic E-state index is 5.68. The van der Waals surface area contributed by atoms with Gasteiger partial charge < -0.3 is 15.2 Å². The Hall–Kier alpha value is -0.870. The van der Waals surface area contributed by atoms with Crippen LogP contribution >= 0.6 is 0 Å². The minimum atomic E-state index is 0.470. The molecule has 0 aromatic carbocycles. The highest BCUT2D eigenvalue weighted by atomic mass is 16.5. The van der Waals surface area contributed by atoms with Crippen LogP contribution in [-0.2, 0) is 6.54 Å². The summed E-state index contributed by atoms with van der Waals surface area (Å²) in [6.07, 6.45) is 4.17. The van der Waals surface area contributed by atoms with Crippen molar-refractivity contribution in [3.8, 4) is 0 Å². The Kier molecular flexibility index (Phi) is 3.61. The second-order valence-corrected chi connectivity index (χ2v) is 4.85. The van der Waals surface area contributed by atoms with E-state index in [0.717, 1.165) is 17.9 Å². The largest absolute Gasteiger partial charge is 0.361 e. The van der Waals surface area contributed by atoms with Gasteiger partial charge in [0.05, 0.1) is 6.20 Å². The summed E-state index contributed by atoms with van der Waals surface area (Å²) >= 11 is 0. The minimum absolute atomic E-state index is 0.470. The zero-order chi connectivity index (χ0) is 11.5. The van der Waals surface area contributed by atoms with Gasteiger partial charge >= 0.3 is 0 Å². The van der Waals surface area contributed by atoms with Crippen molar-refractivity contribution in [2.24, 2.45) is 5.73 Å². The van der Waals surface area contributed by atoms with Crippen molar-refractivity contribution >= 4 is 0 Å². The summed E-state index contributed by atoms with van der Waals surface area (Å²) in [5.74, 6) is 1.48. The van der Waals surface area contributed by atoms with E-state index >= 15 is 0 Å². The van der Waals surface area contributed by atoms with Crippen LogP contribution in [0.4, 0.5) is 0 Å². The zero-order valence-electron chi connectivity index (χ0n) is 10.1. The Balaban J connectivity index is 2.09. The number of piperidine rings is 1. The van der Waals surface area contributed by atoms with Crippen LogP contribution in [0.25, 0.3) is 0 Å². The van der Waals surface area contributed by atoms with Crippen LogP contribution in [0, 0.1) is 0 Å². The van der Waals surface area contributed by atoms with Crippen LogP contribution in [0.1, 0.15) is 43.9 Å². The molecule has 16 heavy (non-hydrogen) atoms. The number of aromatic nitrogens is 1. The molecule has 4 nitrogen and oxygen atoms in total. The first-order chi connectivity index (χ1) is 7.72. The Bertz CT molecular complexity index is 335. The fourth-order valence-electron chi connectivity index (χ4n) is 2.45. The van der Waals surface area contributed by atoms with Gasteiger partial charge in [-0.1, -0.05) is 5.16 Å². The molecule has 0 spiro atoms. The van der Waals surface area contributed by atoms with Crippen molar-refractivity contribution in [3.05, 3.63) is 17.5 Å². The quantitative estimate of drug-likeness (QED) is 0.847. The lowest BCUT2D eigenvalue weighted by Gasteiger charge is -2.34. The highest BCUT2D eigenvalue weighted by Crippen LogP contribution is 2.29. The van der Waals surface area contributed by atoms with E-state index in [0.29, 0.717) is 18.5 Å². The van der Waals surface area contributed by atoms with Crippen LogP contribution in [0.15, 0.2) is 10.7 Å². The minimum Gasteiger partial charge on any atom is -0.361 e. The van der Waals surface area contributed by atoms with Crippen molar-refractivity contribution in [2.45, 2.75) is 45.2 Å². The number of rotatable bonds is 3. The molecule has 0 aliphatic carbocycles. The monoisotopic (exact) mass is 223 g/mol. The van der Waals surface area contributed by atoms with E-state index in [1.165, 1.54) is 19.4 Å². The molecule has 0 amide bonds. The van der Waals surface area contributed by atoms with Gasteiger partial charge in [-0.2, -0.15) is 0 Å². The highest BCUT2D eigenvalue weighted by molar-refractivity contribution is 5.18. The zero-order valence-corrected chi connectivity index (χ0v) is 10.1. The summed E-state index contributed by atoms with van der Waals surface area (Å²) in [5, 5.41) is 3.86. The maximum atomic E-state index is 5.68. The van der Waals surface area contributed by atoms with Crippen molar-refractivity contribution in [2.75, 3.05) is 13.1 Å². The highest BCUT2D eigenvalue weighted by Gasteiger charge is 2.27. The molecule has 90 valence electrons. The van der Waals surface area contributed by atoms with Gasteiger partial charge in [-0.15, -0.1) is 0 Å². The molecular formula is C12H21N3O. The Morgan fingerprint density at radius 2 is 2.44 bits per heavy atom. The summed E-state index contributed by atoms with van der Waals surface area (Å²) in [5.41, 5.74) is 6.75. The summed E-state index contributed by atoms with van der Waals surface area (Å²) < 4.78 is 5.37. The van der Waals surface area contributed by atoms with E-state index in [1.807, 2.05) is 0 Å². The number of nitrogens with zero attached hydrogens (tertiary/aromatic N) is 2. The second-order valence-electron chi connectivity index (χ2n) is 4.85. The maximum Gasteiger partial charge on any atom is 0.145 e. The molecule has 1 fully saturated rings. The molecule has 2 rings (SSSR count). The number of hydrogen-bond acceptors (Lipinski definition) is 4. The summed E-state index contributed by atoms with van der Waals surface area (Å²) in [6, 6.07) is 0.604. The summed E-state index contributed by atoms with van der Waals surface area (Å²) in [4.78, 5) is 2.50. The third-order valence-electron chi connectivity index (χ3n) is 3.45. The molecular weight excluding hydrogens is 202 g/mol.